The summed E-state index contributed by atoms with van der Waals surface area (Å²) in [6, 6.07) is 0.522. The van der Waals surface area contributed by atoms with Gasteiger partial charge in [-0.2, -0.15) is 0 Å². The molecule has 1 heterocycles. The largest absolute Gasteiger partial charge is 0.380 e. The predicted octanol–water partition coefficient (Wildman–Crippen LogP) is 1.53. The van der Waals surface area contributed by atoms with E-state index in [1.54, 1.807) is 7.11 Å². The number of hydrogen-bond donors (Lipinski definition) is 1. The molecule has 4 heteroatoms. The zero-order chi connectivity index (χ0) is 11.4. The summed E-state index contributed by atoms with van der Waals surface area (Å²) in [6.07, 6.45) is 6.58. The van der Waals surface area contributed by atoms with Crippen molar-refractivity contribution in [2.45, 2.75) is 31.7 Å². The minimum absolute atomic E-state index is 0.0948. The number of hydrogen-bond acceptors (Lipinski definition) is 2. The second-order valence-corrected chi connectivity index (χ2v) is 4.57. The van der Waals surface area contributed by atoms with Crippen LogP contribution in [0.25, 0.3) is 0 Å². The summed E-state index contributed by atoms with van der Waals surface area (Å²) in [5.74, 6) is 0. The van der Waals surface area contributed by atoms with Crippen LogP contribution in [0.2, 0.25) is 0 Å². The second kappa shape index (κ2) is 5.34. The fourth-order valence-electron chi connectivity index (χ4n) is 2.03. The van der Waals surface area contributed by atoms with Crippen molar-refractivity contribution in [1.29, 1.82) is 0 Å². The van der Waals surface area contributed by atoms with Crippen LogP contribution in [0.1, 0.15) is 25.7 Å². The Bertz CT molecular complexity index is 285. The number of nitrogens with one attached hydrogen (secondary N) is 1. The molecule has 1 fully saturated rings. The normalized spacial score (nSPS) is 21.3. The summed E-state index contributed by atoms with van der Waals surface area (Å²) in [4.78, 5) is 13.7. The molecule has 4 nitrogen and oxygen atoms in total. The summed E-state index contributed by atoms with van der Waals surface area (Å²) in [5.41, 5.74) is 1.30. The van der Waals surface area contributed by atoms with Crippen LogP contribution in [-0.4, -0.2) is 43.8 Å². The van der Waals surface area contributed by atoms with Crippen molar-refractivity contribution >= 4 is 6.03 Å². The maximum absolute atomic E-state index is 11.8. The number of amides is 2. The summed E-state index contributed by atoms with van der Waals surface area (Å²) in [6.45, 7) is 2.23. The first-order valence-corrected chi connectivity index (χ1v) is 6.02. The Labute approximate surface area is 96.6 Å². The number of carbonyl (C=O) groups is 1. The summed E-state index contributed by atoms with van der Waals surface area (Å²) < 4.78 is 5.08. The van der Waals surface area contributed by atoms with Crippen molar-refractivity contribution in [2.75, 3.05) is 26.8 Å². The van der Waals surface area contributed by atoms with E-state index in [0.717, 1.165) is 32.4 Å². The van der Waals surface area contributed by atoms with Gasteiger partial charge >= 0.3 is 6.03 Å². The van der Waals surface area contributed by atoms with Gasteiger partial charge < -0.3 is 15.0 Å². The van der Waals surface area contributed by atoms with Gasteiger partial charge in [-0.1, -0.05) is 6.08 Å². The quantitative estimate of drug-likeness (QED) is 0.739. The molecular formula is C12H20N2O2. The molecule has 0 atom stereocenters. The van der Waals surface area contributed by atoms with Crippen molar-refractivity contribution < 1.29 is 9.53 Å². The van der Waals surface area contributed by atoms with Gasteiger partial charge in [0.1, 0.15) is 0 Å². The number of rotatable bonds is 3. The van der Waals surface area contributed by atoms with Crippen LogP contribution < -0.4 is 5.32 Å². The molecule has 1 saturated carbocycles. The Balaban J connectivity index is 1.76. The number of methoxy groups -OCH3 is 1. The van der Waals surface area contributed by atoms with Crippen molar-refractivity contribution in [3.8, 4) is 0 Å². The number of nitrogens with zero attached hydrogens (tertiary/aromatic N) is 1. The lowest BCUT2D eigenvalue weighted by atomic mass is 9.93. The highest BCUT2D eigenvalue weighted by atomic mass is 16.5. The third kappa shape index (κ3) is 2.76. The topological polar surface area (TPSA) is 41.6 Å². The zero-order valence-corrected chi connectivity index (χ0v) is 9.87. The molecule has 16 heavy (non-hydrogen) atoms. The van der Waals surface area contributed by atoms with E-state index in [9.17, 15) is 4.79 Å². The molecule has 1 aliphatic heterocycles. The minimum atomic E-state index is 0.0948. The van der Waals surface area contributed by atoms with Gasteiger partial charge in [-0.25, -0.2) is 4.79 Å². The average Bonchev–Trinajstić information content (AvgIpc) is 2.25. The van der Waals surface area contributed by atoms with Crippen LogP contribution in [0.4, 0.5) is 4.79 Å². The molecule has 0 aromatic carbocycles. The Morgan fingerprint density at radius 3 is 2.94 bits per heavy atom. The molecule has 0 unspecified atom stereocenters. The Morgan fingerprint density at radius 2 is 2.44 bits per heavy atom. The lowest BCUT2D eigenvalue weighted by Crippen LogP contribution is -2.48. The van der Waals surface area contributed by atoms with Crippen molar-refractivity contribution in [2.24, 2.45) is 0 Å². The highest BCUT2D eigenvalue weighted by Crippen LogP contribution is 2.19. The minimum Gasteiger partial charge on any atom is -0.380 e. The molecule has 1 aliphatic carbocycles. The Hall–Kier alpha value is -1.03. The molecule has 0 bridgehead atoms. The molecule has 90 valence electrons. The van der Waals surface area contributed by atoms with Crippen LogP contribution in [0, 0.1) is 0 Å². The second-order valence-electron chi connectivity index (χ2n) is 4.57. The molecular weight excluding hydrogens is 204 g/mol. The van der Waals surface area contributed by atoms with Gasteiger partial charge in [-0.15, -0.1) is 0 Å². The van der Waals surface area contributed by atoms with Crippen molar-refractivity contribution in [3.63, 3.8) is 0 Å². The molecule has 2 amide bonds. The third-order valence-electron chi connectivity index (χ3n) is 3.35. The van der Waals surface area contributed by atoms with E-state index in [1.165, 1.54) is 12.0 Å². The Kier molecular flexibility index (Phi) is 3.83. The summed E-state index contributed by atoms with van der Waals surface area (Å²) in [5, 5.41) is 3.06. The monoisotopic (exact) mass is 224 g/mol. The van der Waals surface area contributed by atoms with Gasteiger partial charge in [0, 0.05) is 26.2 Å². The van der Waals surface area contributed by atoms with Gasteiger partial charge in [0.2, 0.25) is 0 Å². The smallest absolute Gasteiger partial charge is 0.317 e. The van der Waals surface area contributed by atoms with Gasteiger partial charge in [0.15, 0.2) is 0 Å². The fourth-order valence-corrected chi connectivity index (χ4v) is 2.03. The van der Waals surface area contributed by atoms with E-state index in [-0.39, 0.29) is 6.03 Å². The maximum Gasteiger partial charge on any atom is 0.317 e. The SMILES string of the molecule is COCC1=CCN(C(=O)NC2CCC2)CC1. The van der Waals surface area contributed by atoms with E-state index >= 15 is 0 Å². The van der Waals surface area contributed by atoms with E-state index < -0.39 is 0 Å². The fraction of sp³-hybridized carbons (Fsp3) is 0.750. The lowest BCUT2D eigenvalue weighted by molar-refractivity contribution is 0.184. The van der Waals surface area contributed by atoms with Gasteiger partial charge in [-0.05, 0) is 31.3 Å². The van der Waals surface area contributed by atoms with Gasteiger partial charge in [0.05, 0.1) is 6.61 Å². The molecule has 0 aromatic rings. The molecule has 0 radical (unpaired) electrons. The maximum atomic E-state index is 11.8. The first-order chi connectivity index (χ1) is 7.79. The Morgan fingerprint density at radius 1 is 1.62 bits per heavy atom. The van der Waals surface area contributed by atoms with Crippen LogP contribution in [0.5, 0.6) is 0 Å². The molecule has 2 rings (SSSR count). The van der Waals surface area contributed by atoms with Crippen molar-refractivity contribution in [3.05, 3.63) is 11.6 Å². The summed E-state index contributed by atoms with van der Waals surface area (Å²) in [7, 11) is 1.70. The molecule has 0 spiro atoms. The van der Waals surface area contributed by atoms with Crippen molar-refractivity contribution in [1.82, 2.24) is 10.2 Å². The molecule has 1 N–H and O–H groups in total. The number of carbonyl (C=O) groups excluding carboxylic acids is 1. The van der Waals surface area contributed by atoms with Gasteiger partial charge in [-0.3, -0.25) is 0 Å². The first-order valence-electron chi connectivity index (χ1n) is 6.02. The van der Waals surface area contributed by atoms with Crippen LogP contribution in [0.3, 0.4) is 0 Å². The summed E-state index contributed by atoms with van der Waals surface area (Å²) >= 11 is 0. The van der Waals surface area contributed by atoms with E-state index in [4.69, 9.17) is 4.74 Å². The molecule has 2 aliphatic rings. The average molecular weight is 224 g/mol. The third-order valence-corrected chi connectivity index (χ3v) is 3.35. The first kappa shape index (κ1) is 11.5. The standard InChI is InChI=1S/C12H20N2O2/c1-16-9-10-5-7-14(8-6-10)12(15)13-11-3-2-4-11/h5,11H,2-4,6-9H2,1H3,(H,13,15). The van der Waals surface area contributed by atoms with Crippen LogP contribution in [0.15, 0.2) is 11.6 Å². The molecule has 0 aromatic heterocycles. The highest BCUT2D eigenvalue weighted by molar-refractivity contribution is 5.75. The zero-order valence-electron chi connectivity index (χ0n) is 9.87. The molecule has 0 saturated heterocycles. The number of urea groups is 1. The predicted molar refractivity (Wildman–Crippen MR) is 62.3 cm³/mol. The van der Waals surface area contributed by atoms with Crippen LogP contribution >= 0.6 is 0 Å². The lowest BCUT2D eigenvalue weighted by Gasteiger charge is -2.32. The van der Waals surface area contributed by atoms with Gasteiger partial charge in [0.25, 0.3) is 0 Å². The van der Waals surface area contributed by atoms with E-state index in [1.807, 2.05) is 4.90 Å². The van der Waals surface area contributed by atoms with E-state index in [0.29, 0.717) is 12.6 Å². The van der Waals surface area contributed by atoms with Crippen LogP contribution in [-0.2, 0) is 4.74 Å². The highest BCUT2D eigenvalue weighted by Gasteiger charge is 2.23. The van der Waals surface area contributed by atoms with E-state index in [2.05, 4.69) is 11.4 Å². The number of ether oxygens (including phenoxy) is 1.